The summed E-state index contributed by atoms with van der Waals surface area (Å²) in [4.78, 5) is 0. The topological polar surface area (TPSA) is 9.23 Å². The summed E-state index contributed by atoms with van der Waals surface area (Å²) in [6, 6.07) is 25.5. The van der Waals surface area contributed by atoms with Crippen LogP contribution < -0.4 is 10.4 Å². The first kappa shape index (κ1) is 27.3. The maximum absolute atomic E-state index is 7.28. The van der Waals surface area contributed by atoms with E-state index in [1.165, 1.54) is 24.9 Å². The van der Waals surface area contributed by atoms with Crippen molar-refractivity contribution in [2.75, 3.05) is 0 Å². The van der Waals surface area contributed by atoms with E-state index in [4.69, 9.17) is 4.12 Å². The standard InChI is InChI=1S/C28H48OSi3/c1-11-12-23-32(25-19-15-13-16-20-25,26-21-17-14-18-22-26)24-28(5,6)31(9,10)29-30(7,8)27(2,3)4/h13-22H,11-12,23-24H2,1-10H3. The van der Waals surface area contributed by atoms with Gasteiger partial charge in [-0.3, -0.25) is 0 Å². The SMILES string of the molecule is CCCC[Si](CC(C)(C)[Si](C)(C)O[Si](C)(C)C(C)(C)C)(c1ccccc1)c1ccccc1. The van der Waals surface area contributed by atoms with Crippen LogP contribution in [0.1, 0.15) is 54.4 Å². The van der Waals surface area contributed by atoms with Crippen molar-refractivity contribution in [2.45, 2.75) is 103 Å². The summed E-state index contributed by atoms with van der Waals surface area (Å²) in [5, 5.41) is 3.59. The molecule has 178 valence electrons. The first-order valence-corrected chi connectivity index (χ1v) is 20.7. The van der Waals surface area contributed by atoms with Crippen molar-refractivity contribution in [3.8, 4) is 0 Å². The van der Waals surface area contributed by atoms with Gasteiger partial charge >= 0.3 is 0 Å². The molecule has 32 heavy (non-hydrogen) atoms. The summed E-state index contributed by atoms with van der Waals surface area (Å²) in [6.45, 7) is 24.3. The number of rotatable bonds is 10. The zero-order valence-electron chi connectivity index (χ0n) is 22.5. The average molecular weight is 485 g/mol. The van der Waals surface area contributed by atoms with E-state index in [0.717, 1.165) is 0 Å². The molecule has 2 aromatic rings. The average Bonchev–Trinajstić information content (AvgIpc) is 2.70. The van der Waals surface area contributed by atoms with Gasteiger partial charge in [0.05, 0.1) is 0 Å². The van der Waals surface area contributed by atoms with Crippen LogP contribution in [0, 0.1) is 0 Å². The van der Waals surface area contributed by atoms with Gasteiger partial charge in [-0.15, -0.1) is 0 Å². The molecular formula is C28H48OSi3. The number of benzene rings is 2. The Labute approximate surface area is 202 Å². The Morgan fingerprint density at radius 1 is 0.688 bits per heavy atom. The van der Waals surface area contributed by atoms with Gasteiger partial charge in [0.25, 0.3) is 0 Å². The molecule has 0 N–H and O–H groups in total. The smallest absolute Gasteiger partial charge is 0.178 e. The Kier molecular flexibility index (Phi) is 8.64. The van der Waals surface area contributed by atoms with Crippen molar-refractivity contribution >= 4 is 35.1 Å². The second-order valence-electron chi connectivity index (χ2n) is 12.4. The minimum absolute atomic E-state index is 0.175. The van der Waals surface area contributed by atoms with Gasteiger partial charge in [0, 0.05) is 0 Å². The van der Waals surface area contributed by atoms with E-state index in [1.807, 2.05) is 0 Å². The molecule has 2 aromatic carbocycles. The minimum Gasteiger partial charge on any atom is -0.455 e. The zero-order valence-corrected chi connectivity index (χ0v) is 25.5. The molecular weight excluding hydrogens is 437 g/mol. The fourth-order valence-electron chi connectivity index (χ4n) is 4.64. The van der Waals surface area contributed by atoms with E-state index in [0.29, 0.717) is 0 Å². The van der Waals surface area contributed by atoms with Crippen molar-refractivity contribution < 1.29 is 4.12 Å². The molecule has 0 saturated carbocycles. The minimum atomic E-state index is -1.99. The van der Waals surface area contributed by atoms with Crippen LogP contribution >= 0.6 is 0 Å². The van der Waals surface area contributed by atoms with Crippen LogP contribution in [0.2, 0.25) is 48.4 Å². The molecule has 0 saturated heterocycles. The predicted molar refractivity (Wildman–Crippen MR) is 152 cm³/mol. The normalized spacial score (nSPS) is 13.9. The monoisotopic (exact) mass is 484 g/mol. The van der Waals surface area contributed by atoms with Crippen LogP contribution in [0.15, 0.2) is 60.7 Å². The third-order valence-electron chi connectivity index (χ3n) is 8.30. The van der Waals surface area contributed by atoms with Gasteiger partial charge in [0.15, 0.2) is 16.6 Å². The van der Waals surface area contributed by atoms with Gasteiger partial charge in [0.2, 0.25) is 0 Å². The van der Waals surface area contributed by atoms with Crippen molar-refractivity contribution in [1.29, 1.82) is 0 Å². The molecule has 1 nitrogen and oxygen atoms in total. The third kappa shape index (κ3) is 5.94. The van der Waals surface area contributed by atoms with Gasteiger partial charge in [0.1, 0.15) is 8.07 Å². The van der Waals surface area contributed by atoms with E-state index in [2.05, 4.69) is 128 Å². The summed E-state index contributed by atoms with van der Waals surface area (Å²) in [5.41, 5.74) is 0. The van der Waals surface area contributed by atoms with Crippen molar-refractivity contribution in [3.05, 3.63) is 60.7 Å². The van der Waals surface area contributed by atoms with Crippen LogP contribution in [-0.4, -0.2) is 24.7 Å². The predicted octanol–water partition coefficient (Wildman–Crippen LogP) is 8.06. The highest BCUT2D eigenvalue weighted by atomic mass is 28.4. The molecule has 0 amide bonds. The molecule has 0 atom stereocenters. The Morgan fingerprint density at radius 2 is 1.12 bits per heavy atom. The molecule has 2 rings (SSSR count). The van der Waals surface area contributed by atoms with E-state index < -0.39 is 24.7 Å². The van der Waals surface area contributed by atoms with Gasteiger partial charge in [-0.2, -0.15) is 0 Å². The van der Waals surface area contributed by atoms with Crippen LogP contribution in [0.4, 0.5) is 0 Å². The van der Waals surface area contributed by atoms with Gasteiger partial charge in [-0.1, -0.05) is 125 Å². The van der Waals surface area contributed by atoms with Gasteiger partial charge in [-0.25, -0.2) is 0 Å². The molecule has 0 aliphatic heterocycles. The highest BCUT2D eigenvalue weighted by Crippen LogP contribution is 2.49. The van der Waals surface area contributed by atoms with E-state index in [9.17, 15) is 0 Å². The molecule has 0 radical (unpaired) electrons. The maximum atomic E-state index is 7.28. The summed E-state index contributed by atoms with van der Waals surface area (Å²) in [5.74, 6) is 0. The lowest BCUT2D eigenvalue weighted by Crippen LogP contribution is -2.63. The Balaban J connectivity index is 2.59. The lowest BCUT2D eigenvalue weighted by Gasteiger charge is -2.51. The molecule has 0 fully saturated rings. The molecule has 0 aliphatic rings. The molecule has 0 bridgehead atoms. The first-order valence-electron chi connectivity index (χ1n) is 12.5. The second-order valence-corrected chi connectivity index (χ2v) is 26.2. The maximum Gasteiger partial charge on any atom is 0.178 e. The number of unbranched alkanes of at least 4 members (excludes halogenated alkanes) is 1. The highest BCUT2D eigenvalue weighted by molar-refractivity contribution is 7.03. The fourth-order valence-corrected chi connectivity index (χ4v) is 20.3. The van der Waals surface area contributed by atoms with Gasteiger partial charge in [-0.05, 0) is 48.4 Å². The summed E-state index contributed by atoms with van der Waals surface area (Å²) >= 11 is 0. The fraction of sp³-hybridized carbons (Fsp3) is 0.571. The summed E-state index contributed by atoms with van der Waals surface area (Å²) in [6.07, 6.45) is 2.54. The highest BCUT2D eigenvalue weighted by Gasteiger charge is 2.52. The largest absolute Gasteiger partial charge is 0.455 e. The molecule has 0 heterocycles. The lowest BCUT2D eigenvalue weighted by atomic mass is 10.2. The van der Waals surface area contributed by atoms with Crippen molar-refractivity contribution in [2.24, 2.45) is 0 Å². The van der Waals surface area contributed by atoms with Gasteiger partial charge < -0.3 is 4.12 Å². The van der Waals surface area contributed by atoms with Crippen molar-refractivity contribution in [3.63, 3.8) is 0 Å². The Hall–Kier alpha value is -0.949. The van der Waals surface area contributed by atoms with Crippen LogP contribution in [0.5, 0.6) is 0 Å². The van der Waals surface area contributed by atoms with E-state index >= 15 is 0 Å². The van der Waals surface area contributed by atoms with E-state index in [1.54, 1.807) is 10.4 Å². The van der Waals surface area contributed by atoms with Crippen LogP contribution in [-0.2, 0) is 4.12 Å². The number of hydrogen-bond donors (Lipinski definition) is 0. The zero-order chi connectivity index (χ0) is 24.3. The Morgan fingerprint density at radius 3 is 1.50 bits per heavy atom. The quantitative estimate of drug-likeness (QED) is 0.310. The molecule has 0 aliphatic carbocycles. The lowest BCUT2D eigenvalue weighted by molar-refractivity contribution is 0.448. The van der Waals surface area contributed by atoms with Crippen LogP contribution in [0.25, 0.3) is 0 Å². The molecule has 0 unspecified atom stereocenters. The van der Waals surface area contributed by atoms with Crippen molar-refractivity contribution in [1.82, 2.24) is 0 Å². The Bertz CT molecular complexity index is 796. The summed E-state index contributed by atoms with van der Waals surface area (Å²) < 4.78 is 7.28. The molecule has 0 aromatic heterocycles. The molecule has 0 spiro atoms. The first-order chi connectivity index (χ1) is 14.7. The summed E-state index contributed by atoms with van der Waals surface area (Å²) in [7, 11) is -5.79. The second kappa shape index (κ2) is 10.1. The van der Waals surface area contributed by atoms with E-state index in [-0.39, 0.29) is 10.1 Å². The third-order valence-corrected chi connectivity index (χ3v) is 25.4. The van der Waals surface area contributed by atoms with Crippen LogP contribution in [0.3, 0.4) is 0 Å². The number of hydrogen-bond acceptors (Lipinski definition) is 1. The molecule has 4 heteroatoms.